The van der Waals surface area contributed by atoms with Crippen molar-refractivity contribution in [3.8, 4) is 6.07 Å². The molecule has 6 heteroatoms. The van der Waals surface area contributed by atoms with Gasteiger partial charge in [-0.05, 0) is 20.9 Å². The minimum absolute atomic E-state index is 0.168. The monoisotopic (exact) mass is 238 g/mol. The summed E-state index contributed by atoms with van der Waals surface area (Å²) < 4.78 is 0. The lowest BCUT2D eigenvalue weighted by molar-refractivity contribution is 0.550. The first kappa shape index (κ1) is 12.7. The molecular formula is C10H14N4OS. The molecule has 5 nitrogen and oxygen atoms in total. The molecular weight excluding hydrogens is 224 g/mol. The van der Waals surface area contributed by atoms with Crippen molar-refractivity contribution in [3.05, 3.63) is 22.1 Å². The smallest absolute Gasteiger partial charge is 0.251 e. The number of thioether (sulfide) groups is 1. The number of aromatic amines is 1. The molecule has 1 aromatic rings. The van der Waals surface area contributed by atoms with E-state index in [-0.39, 0.29) is 5.56 Å². The van der Waals surface area contributed by atoms with E-state index < -0.39 is 5.54 Å². The van der Waals surface area contributed by atoms with Crippen LogP contribution in [0, 0.1) is 18.3 Å². The van der Waals surface area contributed by atoms with Gasteiger partial charge in [0.1, 0.15) is 5.54 Å². The van der Waals surface area contributed by atoms with Gasteiger partial charge in [-0.1, -0.05) is 11.8 Å². The second-order valence-corrected chi connectivity index (χ2v) is 4.64. The van der Waals surface area contributed by atoms with Crippen LogP contribution in [0.1, 0.15) is 12.6 Å². The van der Waals surface area contributed by atoms with Gasteiger partial charge in [0.2, 0.25) is 0 Å². The van der Waals surface area contributed by atoms with Crippen LogP contribution >= 0.6 is 11.8 Å². The van der Waals surface area contributed by atoms with E-state index in [0.29, 0.717) is 16.6 Å². The molecule has 1 rings (SSSR count). The highest BCUT2D eigenvalue weighted by atomic mass is 32.2. The predicted molar refractivity (Wildman–Crippen MR) is 63.4 cm³/mol. The molecule has 0 aliphatic heterocycles. The number of nitrogens with zero attached hydrogens (tertiary/aromatic N) is 2. The van der Waals surface area contributed by atoms with Crippen molar-refractivity contribution in [2.75, 3.05) is 12.8 Å². The maximum atomic E-state index is 11.2. The number of hydrogen-bond donors (Lipinski definition) is 2. The fraction of sp³-hybridized carbons (Fsp3) is 0.500. The largest absolute Gasteiger partial charge is 0.302 e. The van der Waals surface area contributed by atoms with Gasteiger partial charge in [-0.3, -0.25) is 4.79 Å². The highest BCUT2D eigenvalue weighted by Crippen LogP contribution is 2.17. The van der Waals surface area contributed by atoms with Crippen molar-refractivity contribution in [2.24, 2.45) is 0 Å². The zero-order valence-electron chi connectivity index (χ0n) is 9.50. The number of aryl methyl sites for hydroxylation is 1. The van der Waals surface area contributed by atoms with Crippen LogP contribution < -0.4 is 10.9 Å². The first-order valence-electron chi connectivity index (χ1n) is 4.80. The van der Waals surface area contributed by atoms with E-state index in [1.54, 1.807) is 20.9 Å². The highest BCUT2D eigenvalue weighted by molar-refractivity contribution is 7.99. The van der Waals surface area contributed by atoms with Gasteiger partial charge in [0.25, 0.3) is 5.56 Å². The minimum atomic E-state index is -0.618. The van der Waals surface area contributed by atoms with Crippen molar-refractivity contribution in [1.29, 1.82) is 5.26 Å². The van der Waals surface area contributed by atoms with Gasteiger partial charge < -0.3 is 10.3 Å². The fourth-order valence-electron chi connectivity index (χ4n) is 0.993. The summed E-state index contributed by atoms with van der Waals surface area (Å²) in [4.78, 5) is 18.0. The molecule has 2 N–H and O–H groups in total. The van der Waals surface area contributed by atoms with E-state index in [2.05, 4.69) is 21.4 Å². The molecule has 1 aromatic heterocycles. The molecule has 86 valence electrons. The Balaban J connectivity index is 2.76. The number of H-pyrrole nitrogens is 1. The average molecular weight is 238 g/mol. The molecule has 16 heavy (non-hydrogen) atoms. The van der Waals surface area contributed by atoms with Crippen LogP contribution in [0.2, 0.25) is 0 Å². The van der Waals surface area contributed by atoms with Gasteiger partial charge in [0, 0.05) is 17.5 Å². The lowest BCUT2D eigenvalue weighted by Crippen LogP contribution is -2.40. The minimum Gasteiger partial charge on any atom is -0.302 e. The molecule has 0 bridgehead atoms. The van der Waals surface area contributed by atoms with Crippen LogP contribution in [0.3, 0.4) is 0 Å². The number of hydrogen-bond acceptors (Lipinski definition) is 5. The molecule has 0 saturated carbocycles. The maximum Gasteiger partial charge on any atom is 0.251 e. The van der Waals surface area contributed by atoms with Gasteiger partial charge in [0.05, 0.1) is 6.07 Å². The molecule has 0 amide bonds. The Morgan fingerprint density at radius 1 is 1.75 bits per heavy atom. The zero-order chi connectivity index (χ0) is 12.2. The lowest BCUT2D eigenvalue weighted by Gasteiger charge is -2.19. The van der Waals surface area contributed by atoms with Crippen molar-refractivity contribution >= 4 is 11.8 Å². The molecule has 1 unspecified atom stereocenters. The van der Waals surface area contributed by atoms with Gasteiger partial charge in [-0.2, -0.15) is 5.26 Å². The SMILES string of the molecule is CNC(C)(C#N)CSc1nc(C)cc(=O)[nH]1. The maximum absolute atomic E-state index is 11.2. The Bertz CT molecular complexity index is 465. The van der Waals surface area contributed by atoms with Gasteiger partial charge in [-0.15, -0.1) is 0 Å². The first-order valence-corrected chi connectivity index (χ1v) is 5.78. The lowest BCUT2D eigenvalue weighted by atomic mass is 10.1. The molecule has 0 fully saturated rings. The second-order valence-electron chi connectivity index (χ2n) is 3.67. The topological polar surface area (TPSA) is 81.6 Å². The summed E-state index contributed by atoms with van der Waals surface area (Å²) >= 11 is 1.35. The number of nitrogens with one attached hydrogen (secondary N) is 2. The third-order valence-electron chi connectivity index (χ3n) is 2.14. The van der Waals surface area contributed by atoms with Gasteiger partial charge >= 0.3 is 0 Å². The van der Waals surface area contributed by atoms with E-state index >= 15 is 0 Å². The Labute approximate surface area is 98.3 Å². The Morgan fingerprint density at radius 3 is 2.94 bits per heavy atom. The summed E-state index contributed by atoms with van der Waals surface area (Å²) in [6, 6.07) is 3.61. The van der Waals surface area contributed by atoms with Crippen molar-refractivity contribution in [2.45, 2.75) is 24.5 Å². The molecule has 0 aliphatic carbocycles. The van der Waals surface area contributed by atoms with E-state index in [4.69, 9.17) is 5.26 Å². The third kappa shape index (κ3) is 3.36. The summed E-state index contributed by atoms with van der Waals surface area (Å²) in [5, 5.41) is 12.4. The second kappa shape index (κ2) is 5.14. The quantitative estimate of drug-likeness (QED) is 0.595. The normalized spacial score (nSPS) is 14.1. The molecule has 0 aromatic carbocycles. The summed E-state index contributed by atoms with van der Waals surface area (Å²) in [5.74, 6) is 0.520. The van der Waals surface area contributed by atoms with Crippen LogP contribution in [0.4, 0.5) is 0 Å². The summed E-state index contributed by atoms with van der Waals surface area (Å²) in [6.45, 7) is 3.56. The summed E-state index contributed by atoms with van der Waals surface area (Å²) in [7, 11) is 1.73. The van der Waals surface area contributed by atoms with Crippen molar-refractivity contribution < 1.29 is 0 Å². The van der Waals surface area contributed by atoms with Gasteiger partial charge in [0.15, 0.2) is 5.16 Å². The molecule has 0 radical (unpaired) electrons. The van der Waals surface area contributed by atoms with E-state index in [0.717, 1.165) is 0 Å². The van der Waals surface area contributed by atoms with E-state index in [9.17, 15) is 4.79 Å². The third-order valence-corrected chi connectivity index (χ3v) is 3.33. The van der Waals surface area contributed by atoms with Crippen LogP contribution in [-0.4, -0.2) is 28.3 Å². The number of aromatic nitrogens is 2. The van der Waals surface area contributed by atoms with Crippen LogP contribution in [0.25, 0.3) is 0 Å². The fourth-order valence-corrected chi connectivity index (χ4v) is 2.01. The molecule has 1 heterocycles. The molecule has 0 saturated heterocycles. The van der Waals surface area contributed by atoms with E-state index in [1.165, 1.54) is 17.8 Å². The van der Waals surface area contributed by atoms with Crippen LogP contribution in [-0.2, 0) is 0 Å². The zero-order valence-corrected chi connectivity index (χ0v) is 10.3. The highest BCUT2D eigenvalue weighted by Gasteiger charge is 2.21. The van der Waals surface area contributed by atoms with Crippen molar-refractivity contribution in [3.63, 3.8) is 0 Å². The van der Waals surface area contributed by atoms with Crippen LogP contribution in [0.15, 0.2) is 16.0 Å². The standard InChI is InChI=1S/C10H14N4OS/c1-7-4-8(15)14-9(13-7)16-6-10(2,5-11)12-3/h4,12H,6H2,1-3H3,(H,13,14,15). The Morgan fingerprint density at radius 2 is 2.44 bits per heavy atom. The average Bonchev–Trinajstić information content (AvgIpc) is 2.25. The summed E-state index contributed by atoms with van der Waals surface area (Å²) in [5.41, 5.74) is -0.111. The van der Waals surface area contributed by atoms with Gasteiger partial charge in [-0.25, -0.2) is 4.98 Å². The Hall–Kier alpha value is -1.32. The number of rotatable bonds is 4. The summed E-state index contributed by atoms with van der Waals surface area (Å²) in [6.07, 6.45) is 0. The van der Waals surface area contributed by atoms with Crippen molar-refractivity contribution in [1.82, 2.24) is 15.3 Å². The predicted octanol–water partition coefficient (Wildman–Crippen LogP) is 0.672. The molecule has 0 aliphatic rings. The molecule has 0 spiro atoms. The first-order chi connectivity index (χ1) is 7.49. The van der Waals surface area contributed by atoms with E-state index in [1.807, 2.05) is 0 Å². The number of nitriles is 1. The van der Waals surface area contributed by atoms with Crippen LogP contribution in [0.5, 0.6) is 0 Å². The Kier molecular flexibility index (Phi) is 4.10. The molecule has 1 atom stereocenters.